The van der Waals surface area contributed by atoms with E-state index >= 15 is 0 Å². The van der Waals surface area contributed by atoms with Crippen LogP contribution in [0.3, 0.4) is 0 Å². The Kier molecular flexibility index (Phi) is 7.55. The van der Waals surface area contributed by atoms with Crippen molar-refractivity contribution in [3.05, 3.63) is 82.9 Å². The molecule has 190 valence electrons. The highest BCUT2D eigenvalue weighted by Gasteiger charge is 2.34. The number of halogens is 5. The molecule has 8 nitrogen and oxygen atoms in total. The molecule has 0 saturated carbocycles. The second-order valence-electron chi connectivity index (χ2n) is 7.52. The molecule has 2 heterocycles. The smallest absolute Gasteiger partial charge is 0.383 e. The quantitative estimate of drug-likeness (QED) is 0.329. The van der Waals surface area contributed by atoms with E-state index in [2.05, 4.69) is 27.0 Å². The minimum Gasteiger partial charge on any atom is -0.383 e. The number of alkyl halides is 3. The van der Waals surface area contributed by atoms with Crippen LogP contribution in [0.25, 0.3) is 11.4 Å². The van der Waals surface area contributed by atoms with E-state index in [1.54, 1.807) is 0 Å². The summed E-state index contributed by atoms with van der Waals surface area (Å²) in [4.78, 5) is 7.88. The topological polar surface area (TPSA) is 115 Å². The summed E-state index contributed by atoms with van der Waals surface area (Å²) in [6.07, 6.45) is -0.197. The Hall–Kier alpha value is -3.71. The molecule has 0 bridgehead atoms. The third-order valence-corrected chi connectivity index (χ3v) is 6.06. The number of pyridine rings is 1. The Morgan fingerprint density at radius 2 is 1.94 bits per heavy atom. The minimum atomic E-state index is -4.71. The Bertz CT molecular complexity index is 1500. The van der Waals surface area contributed by atoms with Crippen molar-refractivity contribution in [3.8, 4) is 0 Å². The van der Waals surface area contributed by atoms with Crippen LogP contribution in [0.5, 0.6) is 0 Å². The summed E-state index contributed by atoms with van der Waals surface area (Å²) in [5, 5.41) is 6.17. The number of sulfone groups is 1. The fraction of sp³-hybridized carbons (Fsp3) is 0.136. The molecule has 0 aliphatic rings. The van der Waals surface area contributed by atoms with Crippen LogP contribution in [-0.2, 0) is 16.0 Å². The second-order valence-corrected chi connectivity index (χ2v) is 9.94. The lowest BCUT2D eigenvalue weighted by Crippen LogP contribution is -2.15. The lowest BCUT2D eigenvalue weighted by molar-refractivity contribution is -0.141. The van der Waals surface area contributed by atoms with E-state index in [1.807, 2.05) is 0 Å². The van der Waals surface area contributed by atoms with Crippen LogP contribution in [0.1, 0.15) is 17.0 Å². The Balaban J connectivity index is 2.09. The Morgan fingerprint density at radius 1 is 1.25 bits per heavy atom. The van der Waals surface area contributed by atoms with Gasteiger partial charge in [0.2, 0.25) is 0 Å². The average molecular weight is 543 g/mol. The van der Waals surface area contributed by atoms with Crippen molar-refractivity contribution in [1.29, 1.82) is 0 Å². The third-order valence-electron chi connectivity index (χ3n) is 4.69. The lowest BCUT2D eigenvalue weighted by Gasteiger charge is -2.12. The van der Waals surface area contributed by atoms with Gasteiger partial charge in [0.25, 0.3) is 0 Å². The van der Waals surface area contributed by atoms with Crippen molar-refractivity contribution in [2.45, 2.75) is 18.0 Å². The number of allylic oxidation sites excluding steroid dienone is 1. The first-order chi connectivity index (χ1) is 16.7. The normalized spacial score (nSPS) is 13.1. The van der Waals surface area contributed by atoms with Crippen molar-refractivity contribution >= 4 is 44.7 Å². The molecule has 36 heavy (non-hydrogen) atoms. The molecule has 14 heteroatoms. The summed E-state index contributed by atoms with van der Waals surface area (Å²) in [7, 11) is -3.67. The van der Waals surface area contributed by atoms with Gasteiger partial charge in [-0.1, -0.05) is 18.2 Å². The highest BCUT2D eigenvalue weighted by molar-refractivity contribution is 7.90. The summed E-state index contributed by atoms with van der Waals surface area (Å²) in [6, 6.07) is 5.87. The van der Waals surface area contributed by atoms with Gasteiger partial charge in [0, 0.05) is 47.4 Å². The van der Waals surface area contributed by atoms with Crippen molar-refractivity contribution in [2.75, 3.05) is 11.6 Å². The second kappa shape index (κ2) is 10.1. The van der Waals surface area contributed by atoms with E-state index in [9.17, 15) is 26.0 Å². The first-order valence-electron chi connectivity index (χ1n) is 9.91. The number of hydrogen-bond donors (Lipinski definition) is 2. The number of nitrogens with one attached hydrogen (secondary N) is 1. The van der Waals surface area contributed by atoms with Crippen molar-refractivity contribution in [3.63, 3.8) is 0 Å². The largest absolute Gasteiger partial charge is 0.435 e. The van der Waals surface area contributed by atoms with Gasteiger partial charge >= 0.3 is 6.18 Å². The maximum absolute atomic E-state index is 13.4. The zero-order chi connectivity index (χ0) is 26.8. The standard InChI is InChI=1S/C22H19ClF4N6O2S/c1-12-6-20(22(25,26)27)32-33(12)21(28)17(14-7-16(10-29-9-14)36(3,34)35)11-30-13(2)31-15-4-5-19(24)18(23)8-15/h4-11,31H,2,28H2,1,3H3/b21-17-,30-11?. The predicted octanol–water partition coefficient (Wildman–Crippen LogP) is 4.74. The number of anilines is 1. The fourth-order valence-corrected chi connectivity index (χ4v) is 3.72. The zero-order valence-electron chi connectivity index (χ0n) is 18.8. The number of rotatable bonds is 7. The van der Waals surface area contributed by atoms with Crippen molar-refractivity contribution in [1.82, 2.24) is 14.8 Å². The van der Waals surface area contributed by atoms with Crippen molar-refractivity contribution < 1.29 is 26.0 Å². The van der Waals surface area contributed by atoms with Crippen molar-refractivity contribution in [2.24, 2.45) is 10.7 Å². The van der Waals surface area contributed by atoms with Gasteiger partial charge in [-0.15, -0.1) is 0 Å². The number of aryl methyl sites for hydroxylation is 1. The summed E-state index contributed by atoms with van der Waals surface area (Å²) in [5.74, 6) is -0.874. The highest BCUT2D eigenvalue weighted by atomic mass is 35.5. The summed E-state index contributed by atoms with van der Waals surface area (Å²) in [5.41, 5.74) is 5.61. The van der Waals surface area contributed by atoms with E-state index in [0.29, 0.717) is 5.69 Å². The van der Waals surface area contributed by atoms with Crippen LogP contribution < -0.4 is 11.1 Å². The number of nitrogens with zero attached hydrogens (tertiary/aromatic N) is 4. The van der Waals surface area contributed by atoms with Gasteiger partial charge in [0.1, 0.15) is 17.5 Å². The lowest BCUT2D eigenvalue weighted by atomic mass is 10.1. The molecular formula is C22H19ClF4N6O2S. The summed E-state index contributed by atoms with van der Waals surface area (Å²) >= 11 is 5.76. The number of aliphatic imine (C=N–C) groups is 1. The molecule has 0 aliphatic carbocycles. The first kappa shape index (κ1) is 26.9. The predicted molar refractivity (Wildman–Crippen MR) is 129 cm³/mol. The van der Waals surface area contributed by atoms with E-state index < -0.39 is 27.5 Å². The molecule has 0 fully saturated rings. The van der Waals surface area contributed by atoms with Gasteiger partial charge in [-0.3, -0.25) is 4.98 Å². The van der Waals surface area contributed by atoms with E-state index in [1.165, 1.54) is 31.3 Å². The highest BCUT2D eigenvalue weighted by Crippen LogP contribution is 2.30. The molecule has 1 aromatic carbocycles. The molecule has 3 N–H and O–H groups in total. The van der Waals surface area contributed by atoms with Crippen LogP contribution in [-0.4, -0.2) is 35.7 Å². The fourth-order valence-electron chi connectivity index (χ4n) is 2.94. The molecule has 3 aromatic rings. The summed E-state index contributed by atoms with van der Waals surface area (Å²) in [6.45, 7) is 5.09. The molecule has 0 spiro atoms. The van der Waals surface area contributed by atoms with Gasteiger partial charge in [0.15, 0.2) is 15.5 Å². The molecule has 3 rings (SSSR count). The number of nitrogens with two attached hydrogens (primary N) is 1. The molecule has 2 aromatic heterocycles. The zero-order valence-corrected chi connectivity index (χ0v) is 20.4. The molecule has 0 amide bonds. The molecule has 0 atom stereocenters. The van der Waals surface area contributed by atoms with Crippen LogP contribution in [0.2, 0.25) is 5.02 Å². The van der Waals surface area contributed by atoms with Crippen LogP contribution in [0.15, 0.2) is 65.0 Å². The van der Waals surface area contributed by atoms with Gasteiger partial charge in [0.05, 0.1) is 9.92 Å². The van der Waals surface area contributed by atoms with Crippen LogP contribution >= 0.6 is 11.6 Å². The molecule has 0 saturated heterocycles. The molecular weight excluding hydrogens is 524 g/mol. The maximum Gasteiger partial charge on any atom is 0.435 e. The maximum atomic E-state index is 13.4. The van der Waals surface area contributed by atoms with Crippen LogP contribution in [0.4, 0.5) is 23.2 Å². The third kappa shape index (κ3) is 6.29. The van der Waals surface area contributed by atoms with E-state index in [-0.39, 0.29) is 38.4 Å². The number of hydrogen-bond acceptors (Lipinski definition) is 7. The first-order valence-corrected chi connectivity index (χ1v) is 12.2. The van der Waals surface area contributed by atoms with Gasteiger partial charge in [-0.05, 0) is 37.3 Å². The van der Waals surface area contributed by atoms with Crippen LogP contribution in [0, 0.1) is 12.7 Å². The van der Waals surface area contributed by atoms with E-state index in [4.69, 9.17) is 17.3 Å². The molecule has 0 unspecified atom stereocenters. The number of aromatic nitrogens is 3. The molecule has 0 aliphatic heterocycles. The Morgan fingerprint density at radius 3 is 2.53 bits per heavy atom. The monoisotopic (exact) mass is 542 g/mol. The van der Waals surface area contributed by atoms with E-state index in [0.717, 1.165) is 35.5 Å². The van der Waals surface area contributed by atoms with Gasteiger partial charge in [-0.25, -0.2) is 22.5 Å². The Labute approximate surface area is 208 Å². The SMILES string of the molecule is C=C(N=C/C(=C(\N)n1nc(C(F)(F)F)cc1C)c1cncc(S(C)(=O)=O)c1)Nc1ccc(F)c(Cl)c1. The molecule has 0 radical (unpaired) electrons. The summed E-state index contributed by atoms with van der Waals surface area (Å²) < 4.78 is 77.8. The minimum absolute atomic E-state index is 0.00742. The average Bonchev–Trinajstić information content (AvgIpc) is 3.18. The van der Waals surface area contributed by atoms with Gasteiger partial charge in [-0.2, -0.15) is 18.3 Å². The van der Waals surface area contributed by atoms with Gasteiger partial charge < -0.3 is 11.1 Å². The number of benzene rings is 1.